The number of anilines is 1. The smallest absolute Gasteiger partial charge is 0.145 e. The zero-order valence-electron chi connectivity index (χ0n) is 10.6. The molecule has 0 fully saturated rings. The van der Waals surface area contributed by atoms with Crippen LogP contribution < -0.4 is 10.5 Å². The van der Waals surface area contributed by atoms with E-state index in [9.17, 15) is 0 Å². The Morgan fingerprint density at radius 3 is 2.65 bits per heavy atom. The molecule has 0 spiro atoms. The summed E-state index contributed by atoms with van der Waals surface area (Å²) in [7, 11) is 1.66. The van der Waals surface area contributed by atoms with Gasteiger partial charge in [0.15, 0.2) is 0 Å². The molecule has 0 heterocycles. The van der Waals surface area contributed by atoms with Gasteiger partial charge in [0.2, 0.25) is 0 Å². The molecule has 0 unspecified atom stereocenters. The fraction of sp³-hybridized carbons (Fsp3) is 0.538. The van der Waals surface area contributed by atoms with Crippen molar-refractivity contribution in [2.24, 2.45) is 0 Å². The van der Waals surface area contributed by atoms with E-state index in [1.807, 2.05) is 25.1 Å². The number of aryl methyl sites for hydroxylation is 1. The van der Waals surface area contributed by atoms with Crippen LogP contribution in [0.4, 0.5) is 5.69 Å². The number of hydrogen-bond acceptors (Lipinski definition) is 4. The second-order valence-corrected chi connectivity index (χ2v) is 3.80. The van der Waals surface area contributed by atoms with Gasteiger partial charge in [0.25, 0.3) is 0 Å². The molecule has 4 heteroatoms. The maximum atomic E-state index is 5.83. The summed E-state index contributed by atoms with van der Waals surface area (Å²) < 4.78 is 15.9. The molecule has 0 amide bonds. The van der Waals surface area contributed by atoms with E-state index < -0.39 is 0 Å². The Morgan fingerprint density at radius 1 is 1.12 bits per heavy atom. The number of ether oxygens (including phenoxy) is 3. The molecule has 0 aromatic heterocycles. The zero-order valence-corrected chi connectivity index (χ0v) is 10.6. The molecule has 17 heavy (non-hydrogen) atoms. The zero-order chi connectivity index (χ0) is 12.5. The first-order chi connectivity index (χ1) is 8.25. The number of nitrogen functional groups attached to an aromatic ring is 1. The molecule has 0 bridgehead atoms. The minimum Gasteiger partial charge on any atom is -0.491 e. The van der Waals surface area contributed by atoms with Crippen LogP contribution in [0.1, 0.15) is 12.0 Å². The molecule has 0 atom stereocenters. The van der Waals surface area contributed by atoms with Gasteiger partial charge in [0, 0.05) is 20.1 Å². The summed E-state index contributed by atoms with van der Waals surface area (Å²) in [5.74, 6) is 0.782. The lowest BCUT2D eigenvalue weighted by Gasteiger charge is -2.11. The van der Waals surface area contributed by atoms with E-state index in [4.69, 9.17) is 19.9 Å². The predicted octanol–water partition coefficient (Wildman–Crippen LogP) is 2.01. The minimum atomic E-state index is 0.613. The molecule has 0 saturated heterocycles. The van der Waals surface area contributed by atoms with Crippen LogP contribution in [-0.2, 0) is 9.47 Å². The lowest BCUT2D eigenvalue weighted by atomic mass is 10.2. The predicted molar refractivity (Wildman–Crippen MR) is 68.4 cm³/mol. The van der Waals surface area contributed by atoms with E-state index in [1.54, 1.807) is 7.11 Å². The van der Waals surface area contributed by atoms with Gasteiger partial charge in [0.05, 0.1) is 25.5 Å². The Kier molecular flexibility index (Phi) is 6.43. The summed E-state index contributed by atoms with van der Waals surface area (Å²) >= 11 is 0. The van der Waals surface area contributed by atoms with Crippen molar-refractivity contribution in [2.45, 2.75) is 13.3 Å². The van der Waals surface area contributed by atoms with Gasteiger partial charge >= 0.3 is 0 Å². The summed E-state index contributed by atoms with van der Waals surface area (Å²) in [6.45, 7) is 4.53. The van der Waals surface area contributed by atoms with Gasteiger partial charge in [-0.1, -0.05) is 12.1 Å². The molecular weight excluding hydrogens is 218 g/mol. The van der Waals surface area contributed by atoms with Crippen molar-refractivity contribution >= 4 is 5.69 Å². The lowest BCUT2D eigenvalue weighted by Crippen LogP contribution is -2.08. The van der Waals surface area contributed by atoms with Gasteiger partial charge in [-0.3, -0.25) is 0 Å². The van der Waals surface area contributed by atoms with E-state index in [2.05, 4.69) is 0 Å². The van der Waals surface area contributed by atoms with E-state index >= 15 is 0 Å². The largest absolute Gasteiger partial charge is 0.491 e. The Labute approximate surface area is 103 Å². The number of benzene rings is 1. The monoisotopic (exact) mass is 239 g/mol. The van der Waals surface area contributed by atoms with Crippen LogP contribution in [0.5, 0.6) is 5.75 Å². The Hall–Kier alpha value is -1.26. The molecule has 1 aromatic rings. The van der Waals surface area contributed by atoms with E-state index in [-0.39, 0.29) is 0 Å². The highest BCUT2D eigenvalue weighted by molar-refractivity contribution is 5.56. The molecular formula is C13H21NO3. The highest BCUT2D eigenvalue weighted by atomic mass is 16.5. The Morgan fingerprint density at radius 2 is 1.94 bits per heavy atom. The van der Waals surface area contributed by atoms with Crippen molar-refractivity contribution in [3.8, 4) is 5.75 Å². The average Bonchev–Trinajstić information content (AvgIpc) is 2.31. The second-order valence-electron chi connectivity index (χ2n) is 3.80. The van der Waals surface area contributed by atoms with Crippen molar-refractivity contribution < 1.29 is 14.2 Å². The van der Waals surface area contributed by atoms with Crippen LogP contribution in [0.3, 0.4) is 0 Å². The summed E-state index contributed by atoms with van der Waals surface area (Å²) in [6.07, 6.45) is 0.845. The molecule has 1 aromatic carbocycles. The van der Waals surface area contributed by atoms with Crippen molar-refractivity contribution in [3.63, 3.8) is 0 Å². The fourth-order valence-electron chi connectivity index (χ4n) is 1.45. The number of para-hydroxylation sites is 1. The number of nitrogens with two attached hydrogens (primary N) is 1. The molecule has 0 aliphatic rings. The van der Waals surface area contributed by atoms with Crippen LogP contribution in [0, 0.1) is 6.92 Å². The standard InChI is InChI=1S/C13H21NO3/c1-11-5-3-6-12(14)13(11)17-8-4-7-16-10-9-15-2/h3,5-6H,4,7-10,14H2,1-2H3. The Bertz CT molecular complexity index is 308. The van der Waals surface area contributed by atoms with Crippen LogP contribution in [0.15, 0.2) is 18.2 Å². The van der Waals surface area contributed by atoms with Gasteiger partial charge in [-0.25, -0.2) is 0 Å². The van der Waals surface area contributed by atoms with Crippen LogP contribution in [0.25, 0.3) is 0 Å². The summed E-state index contributed by atoms with van der Waals surface area (Å²) in [6, 6.07) is 5.75. The van der Waals surface area contributed by atoms with Gasteiger partial charge in [-0.05, 0) is 18.6 Å². The van der Waals surface area contributed by atoms with Crippen molar-refractivity contribution in [1.29, 1.82) is 0 Å². The van der Waals surface area contributed by atoms with Gasteiger partial charge in [-0.15, -0.1) is 0 Å². The highest BCUT2D eigenvalue weighted by Gasteiger charge is 2.03. The molecule has 1 rings (SSSR count). The van der Waals surface area contributed by atoms with Crippen LogP contribution >= 0.6 is 0 Å². The molecule has 0 radical (unpaired) electrons. The lowest BCUT2D eigenvalue weighted by molar-refractivity contribution is 0.0644. The maximum absolute atomic E-state index is 5.83. The molecule has 0 aliphatic carbocycles. The third-order valence-electron chi connectivity index (χ3n) is 2.35. The molecule has 0 saturated carbocycles. The van der Waals surface area contributed by atoms with Crippen LogP contribution in [-0.4, -0.2) is 33.5 Å². The summed E-state index contributed by atoms with van der Waals surface area (Å²) in [5.41, 5.74) is 7.57. The fourth-order valence-corrected chi connectivity index (χ4v) is 1.45. The van der Waals surface area contributed by atoms with Gasteiger partial charge < -0.3 is 19.9 Å². The normalized spacial score (nSPS) is 10.5. The maximum Gasteiger partial charge on any atom is 0.145 e. The highest BCUT2D eigenvalue weighted by Crippen LogP contribution is 2.25. The van der Waals surface area contributed by atoms with Crippen molar-refractivity contribution in [3.05, 3.63) is 23.8 Å². The quantitative estimate of drug-likeness (QED) is 0.557. The third kappa shape index (κ3) is 5.06. The van der Waals surface area contributed by atoms with E-state index in [0.29, 0.717) is 32.1 Å². The first kappa shape index (κ1) is 13.8. The summed E-state index contributed by atoms with van der Waals surface area (Å²) in [4.78, 5) is 0. The first-order valence-corrected chi connectivity index (χ1v) is 5.80. The first-order valence-electron chi connectivity index (χ1n) is 5.80. The summed E-state index contributed by atoms with van der Waals surface area (Å²) in [5, 5.41) is 0. The second kappa shape index (κ2) is 7.92. The average molecular weight is 239 g/mol. The van der Waals surface area contributed by atoms with Crippen molar-refractivity contribution in [1.82, 2.24) is 0 Å². The molecule has 0 aliphatic heterocycles. The number of methoxy groups -OCH3 is 1. The Balaban J connectivity index is 2.18. The molecule has 96 valence electrons. The van der Waals surface area contributed by atoms with E-state index in [1.165, 1.54) is 0 Å². The third-order valence-corrected chi connectivity index (χ3v) is 2.35. The van der Waals surface area contributed by atoms with Crippen LogP contribution in [0.2, 0.25) is 0 Å². The van der Waals surface area contributed by atoms with E-state index in [0.717, 1.165) is 17.7 Å². The number of rotatable bonds is 8. The SMILES string of the molecule is COCCOCCCOc1c(C)cccc1N. The molecule has 4 nitrogen and oxygen atoms in total. The van der Waals surface area contributed by atoms with Gasteiger partial charge in [-0.2, -0.15) is 0 Å². The van der Waals surface area contributed by atoms with Crippen molar-refractivity contribution in [2.75, 3.05) is 39.3 Å². The minimum absolute atomic E-state index is 0.613. The molecule has 2 N–H and O–H groups in total. The van der Waals surface area contributed by atoms with Gasteiger partial charge in [0.1, 0.15) is 5.75 Å². The topological polar surface area (TPSA) is 53.7 Å². The number of hydrogen-bond donors (Lipinski definition) is 1.